The molecular weight excluding hydrogens is 312 g/mol. The van der Waals surface area contributed by atoms with E-state index in [-0.39, 0.29) is 0 Å². The van der Waals surface area contributed by atoms with E-state index in [1.807, 2.05) is 25.5 Å². The second kappa shape index (κ2) is 7.44. The molecule has 2 fully saturated rings. The summed E-state index contributed by atoms with van der Waals surface area (Å²) in [7, 11) is 0. The van der Waals surface area contributed by atoms with E-state index in [0.29, 0.717) is 5.92 Å². The van der Waals surface area contributed by atoms with E-state index in [1.54, 1.807) is 0 Å². The van der Waals surface area contributed by atoms with Crippen molar-refractivity contribution in [2.75, 3.05) is 31.1 Å². The smallest absolute Gasteiger partial charge is 0.225 e. The predicted octanol–water partition coefficient (Wildman–Crippen LogP) is 2.55. The zero-order valence-electron chi connectivity index (χ0n) is 14.9. The summed E-state index contributed by atoms with van der Waals surface area (Å²) < 4.78 is 0. The third kappa shape index (κ3) is 3.95. The van der Waals surface area contributed by atoms with E-state index in [9.17, 15) is 0 Å². The normalized spacial score (nSPS) is 19.5. The molecule has 4 heterocycles. The molecule has 0 saturated carbocycles. The number of piperidine rings is 1. The Hall–Kier alpha value is -2.08. The summed E-state index contributed by atoms with van der Waals surface area (Å²) in [5.41, 5.74) is 3.29. The van der Waals surface area contributed by atoms with Crippen LogP contribution < -0.4 is 4.90 Å². The molecule has 0 aromatic carbocycles. The molecule has 0 atom stereocenters. The van der Waals surface area contributed by atoms with E-state index in [0.717, 1.165) is 68.6 Å². The molecule has 0 unspecified atom stereocenters. The highest BCUT2D eigenvalue weighted by molar-refractivity contribution is 5.31. The molecule has 2 saturated heterocycles. The third-order valence-electron chi connectivity index (χ3n) is 5.25. The highest BCUT2D eigenvalue weighted by Crippen LogP contribution is 2.27. The van der Waals surface area contributed by atoms with Gasteiger partial charge in [-0.15, -0.1) is 0 Å². The van der Waals surface area contributed by atoms with E-state index in [1.165, 1.54) is 12.8 Å². The Morgan fingerprint density at radius 3 is 2.60 bits per heavy atom. The van der Waals surface area contributed by atoms with Crippen molar-refractivity contribution in [2.45, 2.75) is 45.1 Å². The van der Waals surface area contributed by atoms with Crippen molar-refractivity contribution < 1.29 is 0 Å². The largest absolute Gasteiger partial charge is 0.341 e. The van der Waals surface area contributed by atoms with Crippen LogP contribution in [0.15, 0.2) is 24.7 Å². The number of hydrogen-bond donors (Lipinski definition) is 0. The second-order valence-corrected chi connectivity index (χ2v) is 7.18. The molecule has 2 aromatic rings. The molecule has 6 heteroatoms. The number of nitrogens with zero attached hydrogens (tertiary/aromatic N) is 6. The van der Waals surface area contributed by atoms with Gasteiger partial charge in [0.25, 0.3) is 0 Å². The minimum atomic E-state index is 0.536. The summed E-state index contributed by atoms with van der Waals surface area (Å²) >= 11 is 0. The van der Waals surface area contributed by atoms with Crippen LogP contribution in [0.25, 0.3) is 0 Å². The zero-order chi connectivity index (χ0) is 17.1. The van der Waals surface area contributed by atoms with Gasteiger partial charge in [0.2, 0.25) is 5.95 Å². The van der Waals surface area contributed by atoms with Crippen LogP contribution in [0, 0.1) is 6.92 Å². The Labute approximate surface area is 149 Å². The van der Waals surface area contributed by atoms with Gasteiger partial charge in [-0.2, -0.15) is 0 Å². The van der Waals surface area contributed by atoms with E-state index in [4.69, 9.17) is 4.98 Å². The molecule has 2 aromatic heterocycles. The first kappa shape index (κ1) is 16.4. The average molecular weight is 338 g/mol. The lowest BCUT2D eigenvalue weighted by molar-refractivity contribution is 0.201. The maximum atomic E-state index is 4.79. The second-order valence-electron chi connectivity index (χ2n) is 7.18. The van der Waals surface area contributed by atoms with Crippen molar-refractivity contribution in [1.29, 1.82) is 0 Å². The van der Waals surface area contributed by atoms with E-state index in [2.05, 4.69) is 30.8 Å². The summed E-state index contributed by atoms with van der Waals surface area (Å²) in [6.45, 7) is 7.28. The molecule has 0 aliphatic carbocycles. The molecule has 6 nitrogen and oxygen atoms in total. The lowest BCUT2D eigenvalue weighted by Gasteiger charge is -2.31. The van der Waals surface area contributed by atoms with Crippen LogP contribution in [0.4, 0.5) is 5.95 Å². The molecule has 4 rings (SSSR count). The topological polar surface area (TPSA) is 58.0 Å². The summed E-state index contributed by atoms with van der Waals surface area (Å²) in [5.74, 6) is 1.44. The van der Waals surface area contributed by atoms with Crippen molar-refractivity contribution in [1.82, 2.24) is 24.8 Å². The van der Waals surface area contributed by atoms with E-state index < -0.39 is 0 Å². The number of anilines is 1. The predicted molar refractivity (Wildman–Crippen MR) is 97.5 cm³/mol. The van der Waals surface area contributed by atoms with Gasteiger partial charge < -0.3 is 4.90 Å². The molecule has 2 aliphatic rings. The number of aryl methyl sites for hydroxylation is 1. The Morgan fingerprint density at radius 1 is 1.04 bits per heavy atom. The molecule has 0 N–H and O–H groups in total. The van der Waals surface area contributed by atoms with Crippen molar-refractivity contribution in [3.8, 4) is 0 Å². The maximum absolute atomic E-state index is 4.79. The fraction of sp³-hybridized carbons (Fsp3) is 0.579. The highest BCUT2D eigenvalue weighted by Gasteiger charge is 2.22. The quantitative estimate of drug-likeness (QED) is 0.854. The fourth-order valence-corrected chi connectivity index (χ4v) is 3.84. The molecule has 0 radical (unpaired) electrons. The Balaban J connectivity index is 1.35. The Kier molecular flexibility index (Phi) is 4.88. The van der Waals surface area contributed by atoms with Crippen LogP contribution in [0.5, 0.6) is 0 Å². The maximum Gasteiger partial charge on any atom is 0.225 e. The van der Waals surface area contributed by atoms with Crippen molar-refractivity contribution >= 4 is 5.95 Å². The summed E-state index contributed by atoms with van der Waals surface area (Å²) in [4.78, 5) is 23.0. The minimum absolute atomic E-state index is 0.536. The van der Waals surface area contributed by atoms with Gasteiger partial charge in [-0.05, 0) is 51.8 Å². The van der Waals surface area contributed by atoms with Gasteiger partial charge in [0.05, 0.1) is 17.1 Å². The molecule has 132 valence electrons. The summed E-state index contributed by atoms with van der Waals surface area (Å²) in [6.07, 6.45) is 10.5. The minimum Gasteiger partial charge on any atom is -0.341 e. The third-order valence-corrected chi connectivity index (χ3v) is 5.25. The SMILES string of the molecule is Cc1cncc(C2CCN(Cc3ccnc(N4CCCC4)n3)CC2)n1. The van der Waals surface area contributed by atoms with E-state index >= 15 is 0 Å². The first-order valence-corrected chi connectivity index (χ1v) is 9.36. The number of likely N-dealkylation sites (tertiary alicyclic amines) is 1. The van der Waals surface area contributed by atoms with Gasteiger partial charge in [-0.3, -0.25) is 14.9 Å². The number of aromatic nitrogens is 4. The van der Waals surface area contributed by atoms with Gasteiger partial charge in [-0.25, -0.2) is 9.97 Å². The van der Waals surface area contributed by atoms with Crippen LogP contribution in [0.2, 0.25) is 0 Å². The van der Waals surface area contributed by atoms with Crippen LogP contribution in [-0.4, -0.2) is 51.0 Å². The Bertz CT molecular complexity index is 705. The van der Waals surface area contributed by atoms with Gasteiger partial charge in [0.15, 0.2) is 0 Å². The summed E-state index contributed by atoms with van der Waals surface area (Å²) in [5, 5.41) is 0. The van der Waals surface area contributed by atoms with Crippen LogP contribution in [0.3, 0.4) is 0 Å². The average Bonchev–Trinajstić information content (AvgIpc) is 3.17. The molecule has 2 aliphatic heterocycles. The first-order valence-electron chi connectivity index (χ1n) is 9.36. The van der Waals surface area contributed by atoms with Crippen LogP contribution in [-0.2, 0) is 6.54 Å². The van der Waals surface area contributed by atoms with Gasteiger partial charge in [0.1, 0.15) is 0 Å². The molecular formula is C19H26N6. The zero-order valence-corrected chi connectivity index (χ0v) is 14.9. The van der Waals surface area contributed by atoms with Gasteiger partial charge >= 0.3 is 0 Å². The lowest BCUT2D eigenvalue weighted by atomic mass is 9.93. The first-order chi connectivity index (χ1) is 12.3. The summed E-state index contributed by atoms with van der Waals surface area (Å²) in [6, 6.07) is 2.05. The number of rotatable bonds is 4. The van der Waals surface area contributed by atoms with Gasteiger partial charge in [-0.1, -0.05) is 0 Å². The van der Waals surface area contributed by atoms with Crippen molar-refractivity contribution in [3.63, 3.8) is 0 Å². The van der Waals surface area contributed by atoms with Crippen LogP contribution in [0.1, 0.15) is 48.7 Å². The highest BCUT2D eigenvalue weighted by atomic mass is 15.3. The molecule has 0 amide bonds. The number of hydrogen-bond acceptors (Lipinski definition) is 6. The van der Waals surface area contributed by atoms with Crippen LogP contribution >= 0.6 is 0 Å². The van der Waals surface area contributed by atoms with Gasteiger partial charge in [0, 0.05) is 44.1 Å². The molecule has 0 bridgehead atoms. The monoisotopic (exact) mass is 338 g/mol. The van der Waals surface area contributed by atoms with Crippen molar-refractivity contribution in [2.24, 2.45) is 0 Å². The lowest BCUT2D eigenvalue weighted by Crippen LogP contribution is -2.33. The molecule has 0 spiro atoms. The Morgan fingerprint density at radius 2 is 1.84 bits per heavy atom. The molecule has 25 heavy (non-hydrogen) atoms. The van der Waals surface area contributed by atoms with Crippen molar-refractivity contribution in [3.05, 3.63) is 41.7 Å². The standard InChI is InChI=1S/C19H26N6/c1-15-12-20-13-18(22-15)16-5-10-24(11-6-16)14-17-4-7-21-19(23-17)25-8-2-3-9-25/h4,7,12-13,16H,2-3,5-6,8-11,14H2,1H3. The fourth-order valence-electron chi connectivity index (χ4n) is 3.84.